The zero-order chi connectivity index (χ0) is 17.6. The van der Waals surface area contributed by atoms with Crippen LogP contribution in [0.1, 0.15) is 17.0 Å². The van der Waals surface area contributed by atoms with Crippen LogP contribution in [0, 0.1) is 18.3 Å². The molecule has 0 N–H and O–H groups in total. The van der Waals surface area contributed by atoms with E-state index in [1.54, 1.807) is 0 Å². The molecular formula is C19H15BrFN3O. The van der Waals surface area contributed by atoms with Gasteiger partial charge >= 0.3 is 0 Å². The Kier molecular flexibility index (Phi) is 4.06. The zero-order valence-corrected chi connectivity index (χ0v) is 15.2. The molecule has 4 nitrogen and oxygen atoms in total. The van der Waals surface area contributed by atoms with E-state index in [1.807, 2.05) is 42.2 Å². The summed E-state index contributed by atoms with van der Waals surface area (Å²) in [6, 6.07) is 11.9. The molecule has 0 spiro atoms. The van der Waals surface area contributed by atoms with Crippen LogP contribution in [-0.4, -0.2) is 29.1 Å². The van der Waals surface area contributed by atoms with Crippen molar-refractivity contribution in [2.24, 2.45) is 0 Å². The van der Waals surface area contributed by atoms with Crippen molar-refractivity contribution in [3.63, 3.8) is 0 Å². The van der Waals surface area contributed by atoms with Crippen molar-refractivity contribution < 1.29 is 8.81 Å². The minimum atomic E-state index is -0.759. The maximum atomic E-state index is 13.0. The molecule has 1 aliphatic heterocycles. The molecule has 2 aromatic carbocycles. The Morgan fingerprint density at radius 3 is 2.92 bits per heavy atom. The normalized spacial score (nSPS) is 15.3. The summed E-state index contributed by atoms with van der Waals surface area (Å²) in [6.07, 6.45) is -0.759. The van der Waals surface area contributed by atoms with Crippen LogP contribution in [0.5, 0.6) is 0 Å². The molecule has 3 aromatic rings. The number of nitrogens with zero attached hydrogens (tertiary/aromatic N) is 3. The number of oxazole rings is 1. The summed E-state index contributed by atoms with van der Waals surface area (Å²) in [4.78, 5) is 6.44. The average Bonchev–Trinajstić information content (AvgIpc) is 2.97. The highest BCUT2D eigenvalue weighted by molar-refractivity contribution is 9.10. The number of rotatable bonds is 3. The third-order valence-electron chi connectivity index (χ3n) is 4.50. The molecule has 126 valence electrons. The first kappa shape index (κ1) is 16.2. The van der Waals surface area contributed by atoms with Crippen molar-refractivity contribution in [2.75, 3.05) is 13.1 Å². The molecule has 0 bridgehead atoms. The number of benzene rings is 2. The van der Waals surface area contributed by atoms with Crippen LogP contribution in [0.3, 0.4) is 0 Å². The largest absolute Gasteiger partial charge is 0.438 e. The fraction of sp³-hybridized carbons (Fsp3) is 0.263. The van der Waals surface area contributed by atoms with Gasteiger partial charge in [0.2, 0.25) is 5.89 Å². The van der Waals surface area contributed by atoms with Gasteiger partial charge in [-0.25, -0.2) is 9.37 Å². The highest BCUT2D eigenvalue weighted by Crippen LogP contribution is 2.33. The number of fused-ring (bicyclic) bond motifs is 1. The highest BCUT2D eigenvalue weighted by Gasteiger charge is 2.27. The molecule has 1 saturated heterocycles. The Morgan fingerprint density at radius 1 is 1.40 bits per heavy atom. The van der Waals surface area contributed by atoms with Crippen molar-refractivity contribution in [3.8, 4) is 17.2 Å². The first-order chi connectivity index (χ1) is 12.0. The minimum Gasteiger partial charge on any atom is -0.438 e. The number of hydrogen-bond donors (Lipinski definition) is 0. The van der Waals surface area contributed by atoms with Gasteiger partial charge in [-0.1, -0.05) is 28.1 Å². The van der Waals surface area contributed by atoms with Crippen molar-refractivity contribution in [1.82, 2.24) is 9.88 Å². The van der Waals surface area contributed by atoms with Gasteiger partial charge in [-0.2, -0.15) is 5.26 Å². The Hall–Kier alpha value is -2.23. The molecule has 0 amide bonds. The molecule has 2 heterocycles. The Balaban J connectivity index is 1.77. The van der Waals surface area contributed by atoms with Crippen molar-refractivity contribution in [2.45, 2.75) is 19.6 Å². The number of likely N-dealkylation sites (tertiary alicyclic amines) is 1. The molecule has 0 atom stereocenters. The molecule has 1 aliphatic rings. The second-order valence-electron chi connectivity index (χ2n) is 6.30. The summed E-state index contributed by atoms with van der Waals surface area (Å²) >= 11 is 3.54. The van der Waals surface area contributed by atoms with Crippen LogP contribution in [0.4, 0.5) is 4.39 Å². The van der Waals surface area contributed by atoms with E-state index in [0.717, 1.165) is 21.2 Å². The number of alkyl halides is 1. The predicted molar refractivity (Wildman–Crippen MR) is 96.8 cm³/mol. The predicted octanol–water partition coefficient (Wildman–Crippen LogP) is 4.59. The lowest BCUT2D eigenvalue weighted by Crippen LogP contribution is -2.47. The lowest BCUT2D eigenvalue weighted by atomic mass is 9.98. The minimum absolute atomic E-state index is 0.409. The van der Waals surface area contributed by atoms with Crippen LogP contribution < -0.4 is 0 Å². The summed E-state index contributed by atoms with van der Waals surface area (Å²) in [5, 5.41) is 9.51. The summed E-state index contributed by atoms with van der Waals surface area (Å²) < 4.78 is 19.8. The van der Waals surface area contributed by atoms with E-state index in [1.165, 1.54) is 0 Å². The van der Waals surface area contributed by atoms with Gasteiger partial charge in [0.15, 0.2) is 5.58 Å². The molecule has 4 rings (SSSR count). The van der Waals surface area contributed by atoms with Gasteiger partial charge in [-0.3, -0.25) is 4.90 Å². The summed E-state index contributed by atoms with van der Waals surface area (Å²) in [5.41, 5.74) is 4.67. The molecule has 6 heteroatoms. The molecule has 0 saturated carbocycles. The topological polar surface area (TPSA) is 53.1 Å². The second kappa shape index (κ2) is 6.25. The molecule has 1 fully saturated rings. The van der Waals surface area contributed by atoms with Gasteiger partial charge in [0.05, 0.1) is 12.1 Å². The standard InChI is InChI=1S/C19H15BrFN3O/c1-11-15(3-2-4-16(11)20)12-5-13(7-22)19-17(6-12)23-18(25-19)10-24-8-14(21)9-24/h2-6,14H,8-10H2,1H3. The van der Waals surface area contributed by atoms with Gasteiger partial charge in [-0.15, -0.1) is 0 Å². The smallest absolute Gasteiger partial charge is 0.209 e. The average molecular weight is 400 g/mol. The molecule has 0 aliphatic carbocycles. The summed E-state index contributed by atoms with van der Waals surface area (Å²) in [7, 11) is 0. The fourth-order valence-electron chi connectivity index (χ4n) is 3.13. The van der Waals surface area contributed by atoms with Crippen molar-refractivity contribution in [1.29, 1.82) is 5.26 Å². The first-order valence-corrected chi connectivity index (χ1v) is 8.80. The van der Waals surface area contributed by atoms with Gasteiger partial charge in [0.25, 0.3) is 0 Å². The summed E-state index contributed by atoms with van der Waals surface area (Å²) in [5.74, 6) is 0.515. The first-order valence-electron chi connectivity index (χ1n) is 8.00. The lowest BCUT2D eigenvalue weighted by molar-refractivity contribution is 0.0524. The van der Waals surface area contributed by atoms with E-state index in [9.17, 15) is 9.65 Å². The van der Waals surface area contributed by atoms with Gasteiger partial charge < -0.3 is 4.42 Å². The number of nitriles is 1. The van der Waals surface area contributed by atoms with E-state index in [4.69, 9.17) is 4.42 Å². The van der Waals surface area contributed by atoms with E-state index in [2.05, 4.69) is 27.0 Å². The zero-order valence-electron chi connectivity index (χ0n) is 13.6. The Labute approximate surface area is 153 Å². The quantitative estimate of drug-likeness (QED) is 0.645. The van der Waals surface area contributed by atoms with E-state index >= 15 is 0 Å². The monoisotopic (exact) mass is 399 g/mol. The molecule has 1 aromatic heterocycles. The molecular weight excluding hydrogens is 385 g/mol. The van der Waals surface area contributed by atoms with Crippen LogP contribution in [0.15, 0.2) is 39.2 Å². The van der Waals surface area contributed by atoms with E-state index in [-0.39, 0.29) is 0 Å². The van der Waals surface area contributed by atoms with Crippen LogP contribution in [0.25, 0.3) is 22.2 Å². The third-order valence-corrected chi connectivity index (χ3v) is 5.36. The molecule has 25 heavy (non-hydrogen) atoms. The number of halogens is 2. The Bertz CT molecular complexity index is 1000. The lowest BCUT2D eigenvalue weighted by Gasteiger charge is -2.32. The van der Waals surface area contributed by atoms with Gasteiger partial charge in [0, 0.05) is 17.6 Å². The fourth-order valence-corrected chi connectivity index (χ4v) is 3.50. The third kappa shape index (κ3) is 2.94. The van der Waals surface area contributed by atoms with Gasteiger partial charge in [0.1, 0.15) is 17.8 Å². The van der Waals surface area contributed by atoms with Crippen LogP contribution in [-0.2, 0) is 6.54 Å². The SMILES string of the molecule is Cc1c(Br)cccc1-c1cc(C#N)c2oc(CN3CC(F)C3)nc2c1. The van der Waals surface area contributed by atoms with Crippen molar-refractivity contribution >= 4 is 27.0 Å². The summed E-state index contributed by atoms with van der Waals surface area (Å²) in [6.45, 7) is 3.31. The maximum Gasteiger partial charge on any atom is 0.209 e. The second-order valence-corrected chi connectivity index (χ2v) is 7.15. The number of hydrogen-bond acceptors (Lipinski definition) is 4. The number of aromatic nitrogens is 1. The van der Waals surface area contributed by atoms with Crippen LogP contribution in [0.2, 0.25) is 0 Å². The van der Waals surface area contributed by atoms with Crippen molar-refractivity contribution in [3.05, 3.63) is 51.8 Å². The van der Waals surface area contributed by atoms with E-state index in [0.29, 0.717) is 42.2 Å². The van der Waals surface area contributed by atoms with Crippen LogP contribution >= 0.6 is 15.9 Å². The van der Waals surface area contributed by atoms with E-state index < -0.39 is 6.17 Å². The maximum absolute atomic E-state index is 13.0. The highest BCUT2D eigenvalue weighted by atomic mass is 79.9. The molecule has 0 unspecified atom stereocenters. The van der Waals surface area contributed by atoms with Gasteiger partial charge in [-0.05, 0) is 41.8 Å². The molecule has 0 radical (unpaired) electrons. The Morgan fingerprint density at radius 2 is 2.20 bits per heavy atom.